The van der Waals surface area contributed by atoms with Gasteiger partial charge in [-0.1, -0.05) is 43.9 Å². The first-order valence-electron chi connectivity index (χ1n) is 15.9. The number of phenolic OH excluding ortho intramolecular Hbond substituents is 1. The minimum Gasteiger partial charge on any atom is -0.504 e. The molecule has 2 aliphatic heterocycles. The Morgan fingerprint density at radius 3 is 2.23 bits per heavy atom. The predicted molar refractivity (Wildman–Crippen MR) is 175 cm³/mol. The molecule has 2 heterocycles. The van der Waals surface area contributed by atoms with Gasteiger partial charge in [0.2, 0.25) is 11.8 Å². The van der Waals surface area contributed by atoms with E-state index >= 15 is 0 Å². The van der Waals surface area contributed by atoms with Gasteiger partial charge in [-0.25, -0.2) is 4.90 Å². The van der Waals surface area contributed by atoms with Gasteiger partial charge < -0.3 is 14.6 Å². The van der Waals surface area contributed by atoms with Gasteiger partial charge in [-0.2, -0.15) is 26.3 Å². The molecule has 260 valence electrons. The van der Waals surface area contributed by atoms with E-state index in [-0.39, 0.29) is 30.9 Å². The van der Waals surface area contributed by atoms with Crippen LogP contribution in [0.4, 0.5) is 32.0 Å². The molecule has 0 unspecified atom stereocenters. The summed E-state index contributed by atoms with van der Waals surface area (Å²) in [7, 11) is 1.48. The lowest BCUT2D eigenvalue weighted by Gasteiger charge is -2.32. The molecule has 1 N–H and O–H groups in total. The molecule has 2 fully saturated rings. The van der Waals surface area contributed by atoms with Crippen LogP contribution in [-0.2, 0) is 26.7 Å². The number of ether oxygens (including phenoxy) is 2. The molecule has 0 aromatic heterocycles. The average Bonchev–Trinajstić information content (AvgIpc) is 3.54. The summed E-state index contributed by atoms with van der Waals surface area (Å²) in [5.74, 6) is -3.52. The molecule has 0 bridgehead atoms. The maximum absolute atomic E-state index is 13.9. The molecule has 4 atom stereocenters. The molecule has 1 aliphatic carbocycles. The van der Waals surface area contributed by atoms with E-state index in [1.165, 1.54) is 7.11 Å². The van der Waals surface area contributed by atoms with Crippen molar-refractivity contribution in [3.8, 4) is 11.5 Å². The highest BCUT2D eigenvalue weighted by atomic mass is 127. The third-order valence-electron chi connectivity index (χ3n) is 9.33. The highest BCUT2D eigenvalue weighted by Gasteiger charge is 2.57. The number of anilines is 1. The van der Waals surface area contributed by atoms with Gasteiger partial charge in [-0.3, -0.25) is 9.59 Å². The monoisotopic (exact) mass is 791 g/mol. The van der Waals surface area contributed by atoms with Crippen molar-refractivity contribution in [3.05, 3.63) is 67.3 Å². The van der Waals surface area contributed by atoms with Gasteiger partial charge in [0, 0.05) is 5.92 Å². The normalized spacial score (nSPS) is 23.2. The number of alkyl halides is 6. The summed E-state index contributed by atoms with van der Waals surface area (Å²) in [5, 5.41) is 10.2. The number of hydrogen-bond donors (Lipinski definition) is 1. The number of aromatic hydroxyl groups is 1. The number of hydrogen-bond acceptors (Lipinski definition) is 5. The molecular weight excluding hydrogens is 755 g/mol. The zero-order valence-corrected chi connectivity index (χ0v) is 28.8. The Morgan fingerprint density at radius 2 is 1.65 bits per heavy atom. The predicted octanol–water partition coefficient (Wildman–Crippen LogP) is 9.33. The molecule has 48 heavy (non-hydrogen) atoms. The summed E-state index contributed by atoms with van der Waals surface area (Å²) in [6, 6.07) is 4.47. The summed E-state index contributed by atoms with van der Waals surface area (Å²) in [6.45, 7) is 4.17. The fraction of sp³-hybridized carbons (Fsp3) is 0.486. The molecule has 3 aliphatic rings. The second kappa shape index (κ2) is 14.0. The number of imide groups is 1. The van der Waals surface area contributed by atoms with Crippen molar-refractivity contribution >= 4 is 46.2 Å². The first-order chi connectivity index (χ1) is 22.6. The molecule has 2 aromatic rings. The summed E-state index contributed by atoms with van der Waals surface area (Å²) in [6.07, 6.45) is -4.04. The number of halogens is 7. The molecule has 2 amide bonds. The number of nitrogens with zero attached hydrogens (tertiary/aromatic N) is 1. The van der Waals surface area contributed by atoms with Crippen LogP contribution in [-0.4, -0.2) is 36.7 Å². The van der Waals surface area contributed by atoms with E-state index in [0.29, 0.717) is 45.6 Å². The van der Waals surface area contributed by atoms with Crippen molar-refractivity contribution in [3.63, 3.8) is 0 Å². The first-order valence-corrected chi connectivity index (χ1v) is 16.9. The maximum atomic E-state index is 13.9. The third-order valence-corrected chi connectivity index (χ3v) is 10.2. The lowest BCUT2D eigenvalue weighted by Crippen LogP contribution is -2.34. The highest BCUT2D eigenvalue weighted by Crippen LogP contribution is 2.52. The maximum Gasteiger partial charge on any atom is 0.416 e. The summed E-state index contributed by atoms with van der Waals surface area (Å²) in [4.78, 5) is 28.1. The average molecular weight is 792 g/mol. The zero-order valence-electron chi connectivity index (χ0n) is 26.6. The highest BCUT2D eigenvalue weighted by molar-refractivity contribution is 14.1. The Labute approximate surface area is 288 Å². The van der Waals surface area contributed by atoms with E-state index in [2.05, 4.69) is 13.0 Å². The summed E-state index contributed by atoms with van der Waals surface area (Å²) < 4.78 is 94.0. The van der Waals surface area contributed by atoms with Crippen LogP contribution in [0, 0.1) is 21.3 Å². The molecule has 0 spiro atoms. The van der Waals surface area contributed by atoms with Crippen molar-refractivity contribution in [2.24, 2.45) is 17.8 Å². The SMILES string of the molecule is CCCC1=C2[C@@H](CC/C(=C/c3cc(I)c(O)c(OC)c3)CCC)OC[C@@H]2[C@@H]2C(=O)N(c3cc(C(F)(F)F)cc(C(F)(F)F)c3)C(=O)[C@@H]2C1. The smallest absolute Gasteiger partial charge is 0.416 e. The number of benzene rings is 2. The van der Waals surface area contributed by atoms with E-state index in [4.69, 9.17) is 9.47 Å². The molecule has 6 nitrogen and oxygen atoms in total. The van der Waals surface area contributed by atoms with Crippen LogP contribution >= 0.6 is 22.6 Å². The van der Waals surface area contributed by atoms with Crippen LogP contribution < -0.4 is 9.64 Å². The Bertz CT molecular complexity index is 1620. The number of rotatable bonds is 10. The number of fused-ring (bicyclic) bond motifs is 3. The van der Waals surface area contributed by atoms with Crippen molar-refractivity contribution < 1.29 is 50.5 Å². The molecule has 0 radical (unpaired) electrons. The quantitative estimate of drug-likeness (QED) is 0.112. The number of allylic oxidation sites excluding steroid dienone is 2. The van der Waals surface area contributed by atoms with Crippen molar-refractivity contribution in [2.75, 3.05) is 18.6 Å². The Balaban J connectivity index is 1.44. The van der Waals surface area contributed by atoms with Gasteiger partial charge in [0.05, 0.1) is 52.0 Å². The van der Waals surface area contributed by atoms with E-state index < -0.39 is 58.7 Å². The Hall–Kier alpha value is -3.07. The number of amides is 2. The number of carbonyl (C=O) groups is 2. The van der Waals surface area contributed by atoms with Crippen LogP contribution in [0.1, 0.15) is 75.5 Å². The number of phenols is 1. The van der Waals surface area contributed by atoms with Crippen molar-refractivity contribution in [1.29, 1.82) is 0 Å². The van der Waals surface area contributed by atoms with E-state index in [9.17, 15) is 41.0 Å². The Kier molecular flexibility index (Phi) is 10.6. The van der Waals surface area contributed by atoms with Gasteiger partial charge in [-0.05, 0) is 96.2 Å². The van der Waals surface area contributed by atoms with Gasteiger partial charge in [0.15, 0.2) is 11.5 Å². The van der Waals surface area contributed by atoms with Crippen LogP contribution in [0.3, 0.4) is 0 Å². The van der Waals surface area contributed by atoms with E-state index in [0.717, 1.165) is 41.5 Å². The van der Waals surface area contributed by atoms with Crippen LogP contribution in [0.2, 0.25) is 0 Å². The Morgan fingerprint density at radius 1 is 0.979 bits per heavy atom. The number of carbonyl (C=O) groups excluding carboxylic acids is 2. The van der Waals surface area contributed by atoms with Crippen LogP contribution in [0.5, 0.6) is 11.5 Å². The minimum atomic E-state index is -5.12. The van der Waals surface area contributed by atoms with Crippen molar-refractivity contribution in [1.82, 2.24) is 0 Å². The first kappa shape index (κ1) is 36.2. The molecule has 13 heteroatoms. The lowest BCUT2D eigenvalue weighted by molar-refractivity contribution is -0.143. The van der Waals surface area contributed by atoms with Crippen LogP contribution in [0.15, 0.2) is 47.1 Å². The fourth-order valence-corrected chi connectivity index (χ4v) is 7.93. The second-order valence-electron chi connectivity index (χ2n) is 12.5. The topological polar surface area (TPSA) is 76.1 Å². The largest absolute Gasteiger partial charge is 0.504 e. The van der Waals surface area contributed by atoms with Gasteiger partial charge >= 0.3 is 12.4 Å². The van der Waals surface area contributed by atoms with Gasteiger partial charge in [0.1, 0.15) is 0 Å². The summed E-state index contributed by atoms with van der Waals surface area (Å²) >= 11 is 2.04. The minimum absolute atomic E-state index is 0.0177. The van der Waals surface area contributed by atoms with Crippen molar-refractivity contribution in [2.45, 2.75) is 77.2 Å². The summed E-state index contributed by atoms with van der Waals surface area (Å²) in [5.41, 5.74) is -0.00502. The molecular formula is C35H36F6INO5. The van der Waals surface area contributed by atoms with E-state index in [1.807, 2.05) is 35.6 Å². The molecule has 2 aromatic carbocycles. The molecule has 5 rings (SSSR count). The van der Waals surface area contributed by atoms with Crippen LogP contribution in [0.25, 0.3) is 6.08 Å². The molecule has 2 saturated heterocycles. The van der Waals surface area contributed by atoms with Gasteiger partial charge in [-0.15, -0.1) is 0 Å². The zero-order chi connectivity index (χ0) is 35.1. The third kappa shape index (κ3) is 7.12. The van der Waals surface area contributed by atoms with E-state index in [1.54, 1.807) is 6.07 Å². The van der Waals surface area contributed by atoms with Gasteiger partial charge in [0.25, 0.3) is 0 Å². The fourth-order valence-electron chi connectivity index (χ4n) is 7.31. The lowest BCUT2D eigenvalue weighted by atomic mass is 9.68. The standard InChI is InChI=1S/C35H36F6INO5/c1-4-6-18(10-19-11-26(42)31(44)28(12-19)47-3)8-9-27-29-20(7-5-2)13-24-30(25(29)17-48-27)33(46)43(32(24)45)23-15-21(34(36,37)38)14-22(16-23)35(39,40)41/h10-12,14-16,24-25,27,30,44H,4-9,13,17H2,1-3H3/b18-10+/t24-,25+,27-,30-/m1/s1. The second-order valence-corrected chi connectivity index (χ2v) is 13.7. The number of methoxy groups -OCH3 is 1. The molecule has 0 saturated carbocycles.